The molecule has 2 aromatic heterocycles. The van der Waals surface area contributed by atoms with Crippen LogP contribution in [0.1, 0.15) is 54.6 Å². The van der Waals surface area contributed by atoms with Crippen molar-refractivity contribution in [1.29, 1.82) is 0 Å². The molecule has 1 aliphatic carbocycles. The summed E-state index contributed by atoms with van der Waals surface area (Å²) in [5.74, 6) is 2.85. The summed E-state index contributed by atoms with van der Waals surface area (Å²) in [4.78, 5) is 19.1. The summed E-state index contributed by atoms with van der Waals surface area (Å²) < 4.78 is 11.3. The van der Waals surface area contributed by atoms with E-state index in [1.807, 2.05) is 49.2 Å². The van der Waals surface area contributed by atoms with E-state index in [4.69, 9.17) is 9.26 Å². The molecule has 0 spiro atoms. The number of hydrogen-bond donors (Lipinski definition) is 1. The number of likely N-dealkylation sites (tertiary alicyclic amines) is 1. The summed E-state index contributed by atoms with van der Waals surface area (Å²) in [6.45, 7) is 7.21. The molecule has 1 saturated carbocycles. The zero-order valence-electron chi connectivity index (χ0n) is 19.9. The minimum absolute atomic E-state index is 0.151. The summed E-state index contributed by atoms with van der Waals surface area (Å²) in [6.07, 6.45) is 7.33. The number of pyridine rings is 1. The van der Waals surface area contributed by atoms with Gasteiger partial charge in [-0.1, -0.05) is 35.9 Å². The maximum Gasteiger partial charge on any atom is 0.324 e. The zero-order chi connectivity index (χ0) is 23.7. The lowest BCUT2D eigenvalue weighted by Gasteiger charge is -2.33. The molecule has 5 rings (SSSR count). The minimum atomic E-state index is -0.151. The van der Waals surface area contributed by atoms with E-state index in [1.54, 1.807) is 0 Å². The predicted octanol–water partition coefficient (Wildman–Crippen LogP) is 6.31. The lowest BCUT2D eigenvalue weighted by Crippen LogP contribution is -2.42. The first-order valence-corrected chi connectivity index (χ1v) is 11.9. The molecular weight excluding hydrogens is 428 g/mol. The molecule has 1 saturated heterocycles. The van der Waals surface area contributed by atoms with E-state index in [9.17, 15) is 4.79 Å². The molecule has 1 N–H and O–H groups in total. The first-order valence-electron chi connectivity index (χ1n) is 11.9. The number of anilines is 1. The van der Waals surface area contributed by atoms with Crippen molar-refractivity contribution in [1.82, 2.24) is 15.0 Å². The van der Waals surface area contributed by atoms with Gasteiger partial charge >= 0.3 is 6.03 Å². The van der Waals surface area contributed by atoms with E-state index in [0.29, 0.717) is 24.9 Å². The summed E-state index contributed by atoms with van der Waals surface area (Å²) in [6, 6.07) is 12.0. The molecule has 0 bridgehead atoms. The number of piperidine rings is 1. The Morgan fingerprint density at radius 3 is 2.74 bits per heavy atom. The topological polar surface area (TPSA) is 80.5 Å². The highest BCUT2D eigenvalue weighted by atomic mass is 16.5. The van der Waals surface area contributed by atoms with Gasteiger partial charge < -0.3 is 14.2 Å². The number of benzene rings is 1. The van der Waals surface area contributed by atoms with Crippen LogP contribution < -0.4 is 10.1 Å². The normalized spacial score (nSPS) is 19.3. The molecule has 3 heterocycles. The van der Waals surface area contributed by atoms with Gasteiger partial charge in [0.25, 0.3) is 0 Å². The molecule has 1 aliphatic heterocycles. The smallest absolute Gasteiger partial charge is 0.324 e. The van der Waals surface area contributed by atoms with E-state index in [0.717, 1.165) is 40.4 Å². The quantitative estimate of drug-likeness (QED) is 0.484. The number of carbonyl (C=O) groups excluding carboxylic acids is 1. The molecular formula is C27H30N4O3. The Kier molecular flexibility index (Phi) is 6.09. The van der Waals surface area contributed by atoms with Gasteiger partial charge in [-0.25, -0.2) is 4.79 Å². The van der Waals surface area contributed by atoms with Crippen molar-refractivity contribution in [2.24, 2.45) is 5.92 Å². The number of amides is 2. The van der Waals surface area contributed by atoms with Crippen LogP contribution >= 0.6 is 0 Å². The van der Waals surface area contributed by atoms with Crippen LogP contribution in [0.15, 0.2) is 52.7 Å². The third kappa shape index (κ3) is 4.98. The van der Waals surface area contributed by atoms with Crippen LogP contribution in [-0.4, -0.2) is 34.2 Å². The van der Waals surface area contributed by atoms with Crippen LogP contribution in [0.3, 0.4) is 0 Å². The number of nitrogens with one attached hydrogen (secondary N) is 1. The number of hydrogen-bond acceptors (Lipinski definition) is 5. The average Bonchev–Trinajstić information content (AvgIpc) is 3.64. The summed E-state index contributed by atoms with van der Waals surface area (Å²) in [5, 5.41) is 6.75. The Bertz CT molecular complexity index is 1210. The monoisotopic (exact) mass is 458 g/mol. The molecule has 2 aliphatic rings. The van der Waals surface area contributed by atoms with Gasteiger partial charge in [-0.15, -0.1) is 0 Å². The van der Waals surface area contributed by atoms with Gasteiger partial charge in [0.2, 0.25) is 5.88 Å². The number of ether oxygens (including phenoxy) is 1. The summed E-state index contributed by atoms with van der Waals surface area (Å²) in [7, 11) is 0. The van der Waals surface area contributed by atoms with E-state index in [1.165, 1.54) is 18.4 Å². The number of aromatic nitrogens is 2. The van der Waals surface area contributed by atoms with Crippen LogP contribution in [0, 0.1) is 19.8 Å². The van der Waals surface area contributed by atoms with Crippen LogP contribution in [0.25, 0.3) is 6.08 Å². The van der Waals surface area contributed by atoms with Gasteiger partial charge in [0.1, 0.15) is 11.5 Å². The van der Waals surface area contributed by atoms with Crippen LogP contribution in [-0.2, 0) is 0 Å². The minimum Gasteiger partial charge on any atom is -0.456 e. The second-order valence-corrected chi connectivity index (χ2v) is 9.34. The largest absolute Gasteiger partial charge is 0.456 e. The van der Waals surface area contributed by atoms with Crippen molar-refractivity contribution in [3.63, 3.8) is 0 Å². The lowest BCUT2D eigenvalue weighted by molar-refractivity contribution is 0.197. The third-order valence-electron chi connectivity index (χ3n) is 6.66. The maximum atomic E-state index is 12.7. The number of rotatable bonds is 5. The fourth-order valence-electron chi connectivity index (χ4n) is 4.25. The number of urea groups is 1. The van der Waals surface area contributed by atoms with Crippen molar-refractivity contribution < 1.29 is 14.1 Å². The Hall–Kier alpha value is -3.61. The Morgan fingerprint density at radius 2 is 2.06 bits per heavy atom. The van der Waals surface area contributed by atoms with Crippen molar-refractivity contribution in [2.75, 3.05) is 18.4 Å². The van der Waals surface area contributed by atoms with Crippen LogP contribution in [0.5, 0.6) is 11.5 Å². The summed E-state index contributed by atoms with van der Waals surface area (Å²) >= 11 is 0. The van der Waals surface area contributed by atoms with Crippen molar-refractivity contribution in [2.45, 2.75) is 46.0 Å². The van der Waals surface area contributed by atoms with Gasteiger partial charge in [0.05, 0.1) is 11.9 Å². The van der Waals surface area contributed by atoms with Gasteiger partial charge in [-0.2, -0.15) is 0 Å². The fraction of sp³-hybridized carbons (Fsp3) is 0.370. The predicted molar refractivity (Wildman–Crippen MR) is 131 cm³/mol. The molecule has 7 heteroatoms. The van der Waals surface area contributed by atoms with E-state index >= 15 is 0 Å². The maximum absolute atomic E-state index is 12.7. The average molecular weight is 459 g/mol. The first kappa shape index (κ1) is 22.2. The molecule has 1 aromatic carbocycles. The highest BCUT2D eigenvalue weighted by molar-refractivity contribution is 5.88. The van der Waals surface area contributed by atoms with Gasteiger partial charge in [-0.05, 0) is 68.9 Å². The van der Waals surface area contributed by atoms with Gasteiger partial charge in [0.15, 0.2) is 0 Å². The fourth-order valence-corrected chi connectivity index (χ4v) is 4.25. The number of aryl methyl sites for hydroxylation is 1. The third-order valence-corrected chi connectivity index (χ3v) is 6.66. The second-order valence-electron chi connectivity index (χ2n) is 9.34. The molecule has 3 aromatic rings. The van der Waals surface area contributed by atoms with E-state index in [-0.39, 0.29) is 11.9 Å². The SMILES string of the molecule is Cc1noc(NC(=O)N2CCC(=Cc3cccc(Oc4ccc(C5CC5)nc4)c3)C(C)C2)c1C. The molecule has 34 heavy (non-hydrogen) atoms. The Balaban J connectivity index is 1.21. The highest BCUT2D eigenvalue weighted by Gasteiger charge is 2.26. The van der Waals surface area contributed by atoms with Crippen LogP contribution in [0.4, 0.5) is 10.7 Å². The van der Waals surface area contributed by atoms with Crippen molar-refractivity contribution >= 4 is 18.0 Å². The van der Waals surface area contributed by atoms with Crippen molar-refractivity contribution in [3.05, 3.63) is 70.7 Å². The Labute approximate surface area is 199 Å². The van der Waals surface area contributed by atoms with Crippen LogP contribution in [0.2, 0.25) is 0 Å². The van der Waals surface area contributed by atoms with E-state index < -0.39 is 0 Å². The first-order chi connectivity index (χ1) is 16.5. The molecule has 1 unspecified atom stereocenters. The molecule has 7 nitrogen and oxygen atoms in total. The van der Waals surface area contributed by atoms with Crippen molar-refractivity contribution in [3.8, 4) is 11.5 Å². The van der Waals surface area contributed by atoms with E-state index in [2.05, 4.69) is 40.6 Å². The molecule has 2 amide bonds. The molecule has 0 radical (unpaired) electrons. The summed E-state index contributed by atoms with van der Waals surface area (Å²) in [5.41, 5.74) is 5.21. The number of nitrogens with zero attached hydrogens (tertiary/aromatic N) is 3. The van der Waals surface area contributed by atoms with Gasteiger partial charge in [0, 0.05) is 30.3 Å². The lowest BCUT2D eigenvalue weighted by atomic mass is 9.91. The Morgan fingerprint density at radius 1 is 1.21 bits per heavy atom. The standard InChI is InChI=1S/C27H30N4O3/c1-17-16-31(27(32)29-26-18(2)19(3)30-34-26)12-11-22(17)13-20-5-4-6-23(14-20)33-24-9-10-25(28-15-24)21-7-8-21/h4-6,9-10,13-15,17,21H,7-8,11-12,16H2,1-3H3,(H,29,32). The second kappa shape index (κ2) is 9.33. The molecule has 176 valence electrons. The highest BCUT2D eigenvalue weighted by Crippen LogP contribution is 2.39. The molecule has 1 atom stereocenters. The molecule has 2 fully saturated rings. The van der Waals surface area contributed by atoms with Gasteiger partial charge in [-0.3, -0.25) is 10.3 Å². The zero-order valence-corrected chi connectivity index (χ0v) is 19.9. The number of carbonyl (C=O) groups is 1.